The summed E-state index contributed by atoms with van der Waals surface area (Å²) in [7, 11) is 0. The molecule has 1 heterocycles. The zero-order valence-corrected chi connectivity index (χ0v) is 11.0. The van der Waals surface area contributed by atoms with E-state index in [-0.39, 0.29) is 6.04 Å². The summed E-state index contributed by atoms with van der Waals surface area (Å²) in [6, 6.07) is 4.14. The first-order valence-electron chi connectivity index (χ1n) is 6.31. The molecule has 0 aromatic carbocycles. The molecule has 17 heavy (non-hydrogen) atoms. The molecule has 3 nitrogen and oxygen atoms in total. The third-order valence-corrected chi connectivity index (χ3v) is 4.76. The van der Waals surface area contributed by atoms with E-state index in [1.54, 1.807) is 6.20 Å². The van der Waals surface area contributed by atoms with Crippen LogP contribution in [0.5, 0.6) is 0 Å². The number of rotatable bonds is 5. The maximum atomic E-state index is 6.15. The van der Waals surface area contributed by atoms with Gasteiger partial charge in [0.05, 0.1) is 0 Å². The monoisotopic (exact) mass is 251 g/mol. The quantitative estimate of drug-likeness (QED) is 0.842. The molecule has 1 atom stereocenters. The molecule has 0 saturated heterocycles. The number of hydrogen-bond donors (Lipinski definition) is 2. The summed E-state index contributed by atoms with van der Waals surface area (Å²) < 4.78 is 0. The van der Waals surface area contributed by atoms with Crippen molar-refractivity contribution in [2.24, 2.45) is 5.73 Å². The Morgan fingerprint density at radius 3 is 2.88 bits per heavy atom. The number of hydrogen-bond acceptors (Lipinski definition) is 4. The van der Waals surface area contributed by atoms with Gasteiger partial charge in [0.15, 0.2) is 0 Å². The molecule has 1 aromatic heterocycles. The lowest BCUT2D eigenvalue weighted by Crippen LogP contribution is -2.26. The number of aromatic nitrogens is 1. The Morgan fingerprint density at radius 1 is 1.41 bits per heavy atom. The van der Waals surface area contributed by atoms with Crippen molar-refractivity contribution in [3.63, 3.8) is 0 Å². The van der Waals surface area contributed by atoms with Crippen LogP contribution in [0.15, 0.2) is 18.3 Å². The fourth-order valence-corrected chi connectivity index (χ4v) is 3.60. The van der Waals surface area contributed by atoms with Gasteiger partial charge >= 0.3 is 0 Å². The van der Waals surface area contributed by atoms with Crippen LogP contribution >= 0.6 is 11.8 Å². The van der Waals surface area contributed by atoms with Gasteiger partial charge in [-0.05, 0) is 37.0 Å². The largest absolute Gasteiger partial charge is 0.384 e. The number of thioether (sulfide) groups is 1. The second kappa shape index (κ2) is 6.26. The summed E-state index contributed by atoms with van der Waals surface area (Å²) in [4.78, 5) is 3.99. The van der Waals surface area contributed by atoms with Crippen molar-refractivity contribution >= 4 is 17.6 Å². The molecule has 0 radical (unpaired) electrons. The predicted molar refractivity (Wildman–Crippen MR) is 75.0 cm³/mol. The summed E-state index contributed by atoms with van der Waals surface area (Å²) in [6.45, 7) is 0. The highest BCUT2D eigenvalue weighted by Crippen LogP contribution is 2.29. The minimum Gasteiger partial charge on any atom is -0.384 e. The molecule has 0 spiro atoms. The van der Waals surface area contributed by atoms with E-state index in [1.165, 1.54) is 31.2 Å². The summed E-state index contributed by atoms with van der Waals surface area (Å²) in [5.74, 6) is 1.63. The third-order valence-electron chi connectivity index (χ3n) is 3.19. The summed E-state index contributed by atoms with van der Waals surface area (Å²) in [5.41, 5.74) is 13.0. The summed E-state index contributed by atoms with van der Waals surface area (Å²) in [5, 5.41) is 0.851. The van der Waals surface area contributed by atoms with E-state index < -0.39 is 0 Å². The lowest BCUT2D eigenvalue weighted by atomic mass is 10.1. The normalized spacial score (nSPS) is 18.4. The molecule has 1 fully saturated rings. The summed E-state index contributed by atoms with van der Waals surface area (Å²) in [6.07, 6.45) is 8.19. The van der Waals surface area contributed by atoms with Crippen LogP contribution in [0.1, 0.15) is 31.2 Å². The molecule has 4 N–H and O–H groups in total. The molecule has 2 rings (SSSR count). The standard InChI is InChI=1S/C13H21N3S/c14-11(9-17-12-3-1-2-4-12)7-10-5-6-16-13(15)8-10/h5-6,8,11-12H,1-4,7,9,14H2,(H2,15,16). The van der Waals surface area contributed by atoms with Gasteiger partial charge in [-0.2, -0.15) is 11.8 Å². The van der Waals surface area contributed by atoms with E-state index in [4.69, 9.17) is 11.5 Å². The number of pyridine rings is 1. The first-order chi connectivity index (χ1) is 8.24. The predicted octanol–water partition coefficient (Wildman–Crippen LogP) is 2.21. The van der Waals surface area contributed by atoms with Gasteiger partial charge in [-0.1, -0.05) is 12.8 Å². The minimum absolute atomic E-state index is 0.224. The van der Waals surface area contributed by atoms with Gasteiger partial charge in [-0.25, -0.2) is 4.98 Å². The Kier molecular flexibility index (Phi) is 4.68. The lowest BCUT2D eigenvalue weighted by Gasteiger charge is -2.14. The number of nitrogen functional groups attached to an aromatic ring is 1. The third kappa shape index (κ3) is 4.21. The van der Waals surface area contributed by atoms with E-state index in [1.807, 2.05) is 23.9 Å². The fourth-order valence-electron chi connectivity index (χ4n) is 2.30. The van der Waals surface area contributed by atoms with Gasteiger partial charge in [0.2, 0.25) is 0 Å². The Labute approximate surface area is 107 Å². The molecule has 0 amide bonds. The van der Waals surface area contributed by atoms with E-state index in [2.05, 4.69) is 4.98 Å². The highest BCUT2D eigenvalue weighted by atomic mass is 32.2. The molecule has 1 saturated carbocycles. The van der Waals surface area contributed by atoms with Crippen LogP contribution in [-0.4, -0.2) is 22.0 Å². The van der Waals surface area contributed by atoms with Crippen molar-refractivity contribution in [3.8, 4) is 0 Å². The second-order valence-electron chi connectivity index (χ2n) is 4.79. The molecular weight excluding hydrogens is 230 g/mol. The average Bonchev–Trinajstić information content (AvgIpc) is 2.79. The van der Waals surface area contributed by atoms with E-state index in [9.17, 15) is 0 Å². The maximum Gasteiger partial charge on any atom is 0.123 e. The topological polar surface area (TPSA) is 64.9 Å². The van der Waals surface area contributed by atoms with E-state index in [0.717, 1.165) is 17.4 Å². The van der Waals surface area contributed by atoms with Gasteiger partial charge in [-0.15, -0.1) is 0 Å². The smallest absolute Gasteiger partial charge is 0.123 e. The van der Waals surface area contributed by atoms with Crippen molar-refractivity contribution in [3.05, 3.63) is 23.9 Å². The highest BCUT2D eigenvalue weighted by Gasteiger charge is 2.16. The van der Waals surface area contributed by atoms with Gasteiger partial charge in [0, 0.05) is 23.2 Å². The molecule has 1 aromatic rings. The maximum absolute atomic E-state index is 6.15. The average molecular weight is 251 g/mol. The van der Waals surface area contributed by atoms with Crippen LogP contribution in [0.3, 0.4) is 0 Å². The van der Waals surface area contributed by atoms with Crippen molar-refractivity contribution in [1.82, 2.24) is 4.98 Å². The molecule has 0 aliphatic heterocycles. The van der Waals surface area contributed by atoms with E-state index >= 15 is 0 Å². The number of anilines is 1. The van der Waals surface area contributed by atoms with Gasteiger partial charge in [-0.3, -0.25) is 0 Å². The van der Waals surface area contributed by atoms with Crippen molar-refractivity contribution in [2.45, 2.75) is 43.4 Å². The Bertz CT molecular complexity index is 350. The molecule has 0 bridgehead atoms. The number of nitrogens with zero attached hydrogens (tertiary/aromatic N) is 1. The molecule has 4 heteroatoms. The lowest BCUT2D eigenvalue weighted by molar-refractivity contribution is 0.744. The number of nitrogens with two attached hydrogens (primary N) is 2. The van der Waals surface area contributed by atoms with Crippen LogP contribution < -0.4 is 11.5 Å². The van der Waals surface area contributed by atoms with Gasteiger partial charge in [0.25, 0.3) is 0 Å². The van der Waals surface area contributed by atoms with E-state index in [0.29, 0.717) is 5.82 Å². The van der Waals surface area contributed by atoms with Crippen molar-refractivity contribution < 1.29 is 0 Å². The first-order valence-corrected chi connectivity index (χ1v) is 7.36. The fraction of sp³-hybridized carbons (Fsp3) is 0.615. The Balaban J connectivity index is 1.74. The van der Waals surface area contributed by atoms with Gasteiger partial charge < -0.3 is 11.5 Å². The van der Waals surface area contributed by atoms with Crippen molar-refractivity contribution in [2.75, 3.05) is 11.5 Å². The molecule has 1 aliphatic carbocycles. The molecule has 1 unspecified atom stereocenters. The zero-order valence-electron chi connectivity index (χ0n) is 10.1. The van der Waals surface area contributed by atoms with Crippen LogP contribution in [0.4, 0.5) is 5.82 Å². The Morgan fingerprint density at radius 2 is 2.18 bits per heavy atom. The summed E-state index contributed by atoms with van der Waals surface area (Å²) >= 11 is 2.04. The minimum atomic E-state index is 0.224. The highest BCUT2D eigenvalue weighted by molar-refractivity contribution is 7.99. The molecule has 94 valence electrons. The van der Waals surface area contributed by atoms with Crippen LogP contribution in [0.25, 0.3) is 0 Å². The van der Waals surface area contributed by atoms with Crippen LogP contribution in [0, 0.1) is 0 Å². The first kappa shape index (κ1) is 12.7. The molecular formula is C13H21N3S. The Hall–Kier alpha value is -0.740. The SMILES string of the molecule is Nc1cc(CC(N)CSC2CCCC2)ccn1. The van der Waals surface area contributed by atoms with Gasteiger partial charge in [0.1, 0.15) is 5.82 Å². The zero-order chi connectivity index (χ0) is 12.1. The molecule has 1 aliphatic rings. The van der Waals surface area contributed by atoms with Crippen LogP contribution in [-0.2, 0) is 6.42 Å². The van der Waals surface area contributed by atoms with Crippen LogP contribution in [0.2, 0.25) is 0 Å². The van der Waals surface area contributed by atoms with Crippen molar-refractivity contribution in [1.29, 1.82) is 0 Å². The second-order valence-corrected chi connectivity index (χ2v) is 6.13.